The molecule has 0 amide bonds. The van der Waals surface area contributed by atoms with Crippen LogP contribution >= 0.6 is 15.9 Å². The summed E-state index contributed by atoms with van der Waals surface area (Å²) in [5, 5.41) is 0. The van der Waals surface area contributed by atoms with Crippen molar-refractivity contribution in [2.45, 2.75) is 12.6 Å². The number of hydrogen-bond acceptors (Lipinski definition) is 2. The summed E-state index contributed by atoms with van der Waals surface area (Å²) in [6.07, 6.45) is -0.754. The van der Waals surface area contributed by atoms with E-state index in [1.165, 1.54) is 0 Å². The predicted octanol–water partition coefficient (Wildman–Crippen LogP) is 1.88. The summed E-state index contributed by atoms with van der Waals surface area (Å²) < 4.78 is 18.3. The van der Waals surface area contributed by atoms with Crippen LogP contribution in [0.4, 0.5) is 4.39 Å². The predicted molar refractivity (Wildman–Crippen MR) is 44.1 cm³/mol. The number of alkyl halides is 1. The summed E-state index contributed by atoms with van der Waals surface area (Å²) in [7, 11) is 0. The standard InChI is InChI=1S/C7H9BrFNO/c8-7-2-1-6(11-7)3-5(9)4-10/h1-2,5H,3-4,10H2. The van der Waals surface area contributed by atoms with Gasteiger partial charge in [-0.15, -0.1) is 0 Å². The SMILES string of the molecule is NCC(F)Cc1ccc(Br)o1. The van der Waals surface area contributed by atoms with Gasteiger partial charge in [0, 0.05) is 13.0 Å². The molecule has 11 heavy (non-hydrogen) atoms. The molecule has 0 spiro atoms. The van der Waals surface area contributed by atoms with Crippen molar-refractivity contribution in [1.29, 1.82) is 0 Å². The highest BCUT2D eigenvalue weighted by molar-refractivity contribution is 9.10. The molecular formula is C7H9BrFNO. The molecule has 0 bridgehead atoms. The van der Waals surface area contributed by atoms with Crippen molar-refractivity contribution < 1.29 is 8.81 Å². The number of hydrogen-bond donors (Lipinski definition) is 1. The molecule has 1 atom stereocenters. The molecule has 0 aliphatic heterocycles. The van der Waals surface area contributed by atoms with E-state index in [4.69, 9.17) is 10.2 Å². The Kier molecular flexibility index (Phi) is 3.08. The number of furan rings is 1. The summed E-state index contributed by atoms with van der Waals surface area (Å²) in [5.41, 5.74) is 5.10. The molecular weight excluding hydrogens is 213 g/mol. The Morgan fingerprint density at radius 2 is 2.36 bits per heavy atom. The molecule has 0 aliphatic rings. The Labute approximate surface area is 72.7 Å². The molecule has 0 saturated heterocycles. The maximum Gasteiger partial charge on any atom is 0.169 e. The van der Waals surface area contributed by atoms with Crippen molar-refractivity contribution in [3.63, 3.8) is 0 Å². The van der Waals surface area contributed by atoms with Crippen LogP contribution in [0, 0.1) is 0 Å². The molecule has 2 N–H and O–H groups in total. The lowest BCUT2D eigenvalue weighted by atomic mass is 10.2. The minimum atomic E-state index is -1.01. The van der Waals surface area contributed by atoms with Gasteiger partial charge in [0.05, 0.1) is 0 Å². The molecule has 1 heterocycles. The molecule has 1 aromatic rings. The van der Waals surface area contributed by atoms with Gasteiger partial charge in [-0.25, -0.2) is 4.39 Å². The van der Waals surface area contributed by atoms with E-state index in [1.54, 1.807) is 12.1 Å². The van der Waals surface area contributed by atoms with Gasteiger partial charge in [-0.05, 0) is 28.1 Å². The van der Waals surface area contributed by atoms with Gasteiger partial charge in [0.2, 0.25) is 0 Å². The van der Waals surface area contributed by atoms with E-state index in [9.17, 15) is 4.39 Å². The second-order valence-electron chi connectivity index (χ2n) is 2.24. The Balaban J connectivity index is 2.50. The number of nitrogens with two attached hydrogens (primary N) is 1. The van der Waals surface area contributed by atoms with E-state index in [0.29, 0.717) is 10.4 Å². The average Bonchev–Trinajstić information content (AvgIpc) is 2.35. The quantitative estimate of drug-likeness (QED) is 0.847. The van der Waals surface area contributed by atoms with Gasteiger partial charge in [0.1, 0.15) is 11.9 Å². The van der Waals surface area contributed by atoms with E-state index >= 15 is 0 Å². The first-order chi connectivity index (χ1) is 5.22. The van der Waals surface area contributed by atoms with E-state index in [2.05, 4.69) is 15.9 Å². The molecule has 1 rings (SSSR count). The van der Waals surface area contributed by atoms with Crippen molar-refractivity contribution in [2.75, 3.05) is 6.54 Å². The summed E-state index contributed by atoms with van der Waals surface area (Å²) in [5.74, 6) is 0.620. The largest absolute Gasteiger partial charge is 0.454 e. The lowest BCUT2D eigenvalue weighted by molar-refractivity contribution is 0.317. The fourth-order valence-corrected chi connectivity index (χ4v) is 1.10. The lowest BCUT2D eigenvalue weighted by Crippen LogP contribution is -2.17. The van der Waals surface area contributed by atoms with Crippen molar-refractivity contribution >= 4 is 15.9 Å². The van der Waals surface area contributed by atoms with Crippen molar-refractivity contribution in [1.82, 2.24) is 0 Å². The lowest BCUT2D eigenvalue weighted by Gasteiger charge is -2.00. The van der Waals surface area contributed by atoms with Crippen LogP contribution in [0.1, 0.15) is 5.76 Å². The maximum atomic E-state index is 12.6. The van der Waals surface area contributed by atoms with Gasteiger partial charge >= 0.3 is 0 Å². The molecule has 1 unspecified atom stereocenters. The first kappa shape index (κ1) is 8.74. The average molecular weight is 222 g/mol. The summed E-state index contributed by atoms with van der Waals surface area (Å²) in [4.78, 5) is 0. The van der Waals surface area contributed by atoms with Gasteiger partial charge in [0.25, 0.3) is 0 Å². The Morgan fingerprint density at radius 3 is 2.82 bits per heavy atom. The molecule has 0 fully saturated rings. The molecule has 0 saturated carbocycles. The Hall–Kier alpha value is -0.350. The third-order valence-electron chi connectivity index (χ3n) is 1.31. The Morgan fingerprint density at radius 1 is 1.64 bits per heavy atom. The van der Waals surface area contributed by atoms with Crippen LogP contribution in [0.15, 0.2) is 21.2 Å². The van der Waals surface area contributed by atoms with E-state index in [1.807, 2.05) is 0 Å². The molecule has 1 aromatic heterocycles. The number of rotatable bonds is 3. The van der Waals surface area contributed by atoms with Gasteiger partial charge in [-0.3, -0.25) is 0 Å². The van der Waals surface area contributed by atoms with Crippen LogP contribution in [0.25, 0.3) is 0 Å². The molecule has 2 nitrogen and oxygen atoms in total. The van der Waals surface area contributed by atoms with Gasteiger partial charge < -0.3 is 10.2 Å². The maximum absolute atomic E-state index is 12.6. The second kappa shape index (κ2) is 3.88. The van der Waals surface area contributed by atoms with Gasteiger partial charge in [0.15, 0.2) is 4.67 Å². The number of halogens is 2. The highest BCUT2D eigenvalue weighted by atomic mass is 79.9. The van der Waals surface area contributed by atoms with Crippen LogP contribution < -0.4 is 5.73 Å². The zero-order valence-electron chi connectivity index (χ0n) is 5.89. The molecule has 4 heteroatoms. The van der Waals surface area contributed by atoms with Crippen molar-refractivity contribution in [3.05, 3.63) is 22.6 Å². The molecule has 0 aromatic carbocycles. The fourth-order valence-electron chi connectivity index (χ4n) is 0.763. The second-order valence-corrected chi connectivity index (χ2v) is 3.02. The highest BCUT2D eigenvalue weighted by Gasteiger charge is 2.07. The van der Waals surface area contributed by atoms with Crippen LogP contribution in [0.3, 0.4) is 0 Å². The summed E-state index contributed by atoms with van der Waals surface area (Å²) in [6, 6.07) is 3.46. The summed E-state index contributed by atoms with van der Waals surface area (Å²) in [6.45, 7) is 0.0400. The fraction of sp³-hybridized carbons (Fsp3) is 0.429. The Bertz CT molecular complexity index is 226. The highest BCUT2D eigenvalue weighted by Crippen LogP contribution is 2.15. The van der Waals surface area contributed by atoms with Gasteiger partial charge in [-0.1, -0.05) is 0 Å². The minimum absolute atomic E-state index is 0.0400. The zero-order valence-corrected chi connectivity index (χ0v) is 7.47. The van der Waals surface area contributed by atoms with E-state index in [0.717, 1.165) is 0 Å². The molecule has 0 aliphatic carbocycles. The molecule has 62 valence electrons. The zero-order chi connectivity index (χ0) is 8.27. The third kappa shape index (κ3) is 2.63. The van der Waals surface area contributed by atoms with Crippen LogP contribution in [0.2, 0.25) is 0 Å². The van der Waals surface area contributed by atoms with Crippen LogP contribution in [0.5, 0.6) is 0 Å². The monoisotopic (exact) mass is 221 g/mol. The van der Waals surface area contributed by atoms with E-state index in [-0.39, 0.29) is 13.0 Å². The van der Waals surface area contributed by atoms with Crippen LogP contribution in [-0.2, 0) is 6.42 Å². The minimum Gasteiger partial charge on any atom is -0.454 e. The van der Waals surface area contributed by atoms with Crippen molar-refractivity contribution in [2.24, 2.45) is 5.73 Å². The smallest absolute Gasteiger partial charge is 0.169 e. The van der Waals surface area contributed by atoms with Crippen molar-refractivity contribution in [3.8, 4) is 0 Å². The molecule has 0 radical (unpaired) electrons. The summed E-state index contributed by atoms with van der Waals surface area (Å²) >= 11 is 3.12. The third-order valence-corrected chi connectivity index (χ3v) is 1.73. The topological polar surface area (TPSA) is 39.2 Å². The van der Waals surface area contributed by atoms with Crippen LogP contribution in [-0.4, -0.2) is 12.7 Å². The van der Waals surface area contributed by atoms with E-state index < -0.39 is 6.17 Å². The first-order valence-electron chi connectivity index (χ1n) is 3.30. The first-order valence-corrected chi connectivity index (χ1v) is 4.10. The van der Waals surface area contributed by atoms with Gasteiger partial charge in [-0.2, -0.15) is 0 Å². The normalized spacial score (nSPS) is 13.4.